The minimum Gasteiger partial charge on any atom is -0.340 e. The van der Waals surface area contributed by atoms with Gasteiger partial charge in [0.1, 0.15) is 12.1 Å². The first-order chi connectivity index (χ1) is 10.0. The molecule has 0 amide bonds. The third kappa shape index (κ3) is 3.10. The zero-order valence-electron chi connectivity index (χ0n) is 10.6. The summed E-state index contributed by atoms with van der Waals surface area (Å²) in [5.41, 5.74) is 1.27. The monoisotopic (exact) mass is 293 g/mol. The quantitative estimate of drug-likeness (QED) is 0.778. The number of anilines is 2. The average molecular weight is 293 g/mol. The summed E-state index contributed by atoms with van der Waals surface area (Å²) < 4.78 is 37.2. The van der Waals surface area contributed by atoms with Gasteiger partial charge < -0.3 is 5.32 Å². The van der Waals surface area contributed by atoms with Gasteiger partial charge in [-0.3, -0.25) is 5.10 Å². The van der Waals surface area contributed by atoms with Crippen LogP contribution in [0.15, 0.2) is 36.8 Å². The van der Waals surface area contributed by atoms with E-state index in [2.05, 4.69) is 25.5 Å². The van der Waals surface area contributed by atoms with Crippen molar-refractivity contribution in [3.05, 3.63) is 42.4 Å². The lowest BCUT2D eigenvalue weighted by Crippen LogP contribution is -2.11. The minimum absolute atomic E-state index is 0.185. The van der Waals surface area contributed by atoms with E-state index in [1.54, 1.807) is 18.3 Å². The number of hydrogen-bond acceptors (Lipinski definition) is 4. The standard InChI is InChI=1S/C13H10F3N5/c14-13(15,16)5-8-2-1-3-9(4-8)20-11-10-6-19-21-12(10)18-7-17-11/h1-4,6-7H,5H2,(H2,17,18,19,20,21). The highest BCUT2D eigenvalue weighted by molar-refractivity contribution is 5.87. The van der Waals surface area contributed by atoms with Crippen molar-refractivity contribution in [1.82, 2.24) is 20.2 Å². The van der Waals surface area contributed by atoms with Crippen molar-refractivity contribution in [2.45, 2.75) is 12.6 Å². The molecule has 0 aliphatic heterocycles. The molecule has 0 fully saturated rings. The molecule has 21 heavy (non-hydrogen) atoms. The summed E-state index contributed by atoms with van der Waals surface area (Å²) in [7, 11) is 0. The molecule has 2 heterocycles. The van der Waals surface area contributed by atoms with E-state index >= 15 is 0 Å². The Morgan fingerprint density at radius 1 is 1.19 bits per heavy atom. The number of fused-ring (bicyclic) bond motifs is 1. The molecule has 0 bridgehead atoms. The third-order valence-corrected chi connectivity index (χ3v) is 2.84. The van der Waals surface area contributed by atoms with Gasteiger partial charge in [-0.25, -0.2) is 9.97 Å². The molecular weight excluding hydrogens is 283 g/mol. The number of nitrogens with one attached hydrogen (secondary N) is 2. The summed E-state index contributed by atoms with van der Waals surface area (Å²) in [5, 5.41) is 10.2. The van der Waals surface area contributed by atoms with Crippen molar-refractivity contribution in [1.29, 1.82) is 0 Å². The number of hydrogen-bond donors (Lipinski definition) is 2. The number of aromatic nitrogens is 4. The van der Waals surface area contributed by atoms with Crippen LogP contribution in [-0.4, -0.2) is 26.3 Å². The Bertz CT molecular complexity index is 766. The smallest absolute Gasteiger partial charge is 0.340 e. The van der Waals surface area contributed by atoms with Gasteiger partial charge in [0.25, 0.3) is 0 Å². The number of benzene rings is 1. The lowest BCUT2D eigenvalue weighted by atomic mass is 10.1. The molecule has 0 atom stereocenters. The van der Waals surface area contributed by atoms with Gasteiger partial charge in [0, 0.05) is 5.69 Å². The van der Waals surface area contributed by atoms with Crippen molar-refractivity contribution in [3.8, 4) is 0 Å². The Morgan fingerprint density at radius 3 is 2.86 bits per heavy atom. The van der Waals surface area contributed by atoms with Crippen molar-refractivity contribution in [3.63, 3.8) is 0 Å². The molecule has 0 unspecified atom stereocenters. The third-order valence-electron chi connectivity index (χ3n) is 2.84. The number of nitrogens with zero attached hydrogens (tertiary/aromatic N) is 3. The first kappa shape index (κ1) is 13.3. The Labute approximate surface area is 117 Å². The maximum absolute atomic E-state index is 12.4. The van der Waals surface area contributed by atoms with Crippen LogP contribution in [-0.2, 0) is 6.42 Å². The molecule has 2 N–H and O–H groups in total. The molecule has 3 aromatic rings. The van der Waals surface area contributed by atoms with Crippen LogP contribution in [0.4, 0.5) is 24.7 Å². The largest absolute Gasteiger partial charge is 0.393 e. The van der Waals surface area contributed by atoms with E-state index in [9.17, 15) is 13.2 Å². The highest BCUT2D eigenvalue weighted by Crippen LogP contribution is 2.25. The Balaban J connectivity index is 1.88. The molecular formula is C13H10F3N5. The molecule has 3 rings (SSSR count). The lowest BCUT2D eigenvalue weighted by molar-refractivity contribution is -0.127. The molecule has 0 spiro atoms. The Hall–Kier alpha value is -2.64. The van der Waals surface area contributed by atoms with Gasteiger partial charge in [-0.2, -0.15) is 18.3 Å². The SMILES string of the molecule is FC(F)(F)Cc1cccc(Nc2ncnc3[nH]ncc23)c1. The molecule has 108 valence electrons. The normalized spacial score (nSPS) is 11.8. The van der Waals surface area contributed by atoms with Gasteiger partial charge in [0.05, 0.1) is 18.0 Å². The van der Waals surface area contributed by atoms with Gasteiger partial charge in [-0.05, 0) is 17.7 Å². The van der Waals surface area contributed by atoms with E-state index in [-0.39, 0.29) is 5.56 Å². The molecule has 1 aromatic carbocycles. The van der Waals surface area contributed by atoms with Gasteiger partial charge in [-0.15, -0.1) is 0 Å². The second kappa shape index (κ2) is 5.04. The Kier molecular flexibility index (Phi) is 3.20. The van der Waals surface area contributed by atoms with Crippen LogP contribution < -0.4 is 5.32 Å². The van der Waals surface area contributed by atoms with E-state index in [0.29, 0.717) is 22.5 Å². The van der Waals surface area contributed by atoms with Crippen LogP contribution in [0.3, 0.4) is 0 Å². The van der Waals surface area contributed by atoms with Crippen LogP contribution in [0.25, 0.3) is 11.0 Å². The van der Waals surface area contributed by atoms with Crippen LogP contribution >= 0.6 is 0 Å². The van der Waals surface area contributed by atoms with Crippen LogP contribution in [0.1, 0.15) is 5.56 Å². The van der Waals surface area contributed by atoms with Gasteiger partial charge in [0.2, 0.25) is 0 Å². The number of alkyl halides is 3. The molecule has 0 aliphatic rings. The van der Waals surface area contributed by atoms with Crippen molar-refractivity contribution in [2.24, 2.45) is 0 Å². The summed E-state index contributed by atoms with van der Waals surface area (Å²) >= 11 is 0. The van der Waals surface area contributed by atoms with E-state index in [1.165, 1.54) is 18.5 Å². The van der Waals surface area contributed by atoms with Gasteiger partial charge >= 0.3 is 6.18 Å². The van der Waals surface area contributed by atoms with E-state index < -0.39 is 12.6 Å². The second-order valence-electron chi connectivity index (χ2n) is 4.47. The highest BCUT2D eigenvalue weighted by atomic mass is 19.4. The molecule has 0 aliphatic carbocycles. The van der Waals surface area contributed by atoms with Crippen molar-refractivity contribution >= 4 is 22.5 Å². The molecule has 0 radical (unpaired) electrons. The van der Waals surface area contributed by atoms with Crippen LogP contribution in [0.2, 0.25) is 0 Å². The molecule has 0 saturated carbocycles. The van der Waals surface area contributed by atoms with Crippen molar-refractivity contribution < 1.29 is 13.2 Å². The van der Waals surface area contributed by atoms with Crippen LogP contribution in [0, 0.1) is 0 Å². The molecule has 5 nitrogen and oxygen atoms in total. The number of rotatable bonds is 3. The molecule has 0 saturated heterocycles. The fourth-order valence-corrected chi connectivity index (χ4v) is 1.99. The maximum Gasteiger partial charge on any atom is 0.393 e. The maximum atomic E-state index is 12.4. The van der Waals surface area contributed by atoms with E-state index in [4.69, 9.17) is 0 Å². The predicted molar refractivity (Wildman–Crippen MR) is 71.2 cm³/mol. The summed E-state index contributed by atoms with van der Waals surface area (Å²) in [6.07, 6.45) is -2.29. The summed E-state index contributed by atoms with van der Waals surface area (Å²) in [5.74, 6) is 0.484. The molecule has 2 aromatic heterocycles. The average Bonchev–Trinajstić information content (AvgIpc) is 2.86. The first-order valence-corrected chi connectivity index (χ1v) is 6.08. The molecule has 8 heteroatoms. The second-order valence-corrected chi connectivity index (χ2v) is 4.47. The van der Waals surface area contributed by atoms with Gasteiger partial charge in [0.15, 0.2) is 5.65 Å². The van der Waals surface area contributed by atoms with E-state index in [0.717, 1.165) is 0 Å². The van der Waals surface area contributed by atoms with Gasteiger partial charge in [-0.1, -0.05) is 12.1 Å². The highest BCUT2D eigenvalue weighted by Gasteiger charge is 2.27. The minimum atomic E-state index is -4.23. The van der Waals surface area contributed by atoms with Crippen molar-refractivity contribution in [2.75, 3.05) is 5.32 Å². The number of aromatic amines is 1. The fraction of sp³-hybridized carbons (Fsp3) is 0.154. The summed E-state index contributed by atoms with van der Waals surface area (Å²) in [4.78, 5) is 8.07. The van der Waals surface area contributed by atoms with E-state index in [1.807, 2.05) is 0 Å². The topological polar surface area (TPSA) is 66.5 Å². The summed E-state index contributed by atoms with van der Waals surface area (Å²) in [6, 6.07) is 6.12. The number of halogens is 3. The summed E-state index contributed by atoms with van der Waals surface area (Å²) in [6.45, 7) is 0. The fourth-order valence-electron chi connectivity index (χ4n) is 1.99. The number of H-pyrrole nitrogens is 1. The lowest BCUT2D eigenvalue weighted by Gasteiger charge is -2.10. The van der Waals surface area contributed by atoms with Crippen LogP contribution in [0.5, 0.6) is 0 Å². The zero-order chi connectivity index (χ0) is 14.9. The Morgan fingerprint density at radius 2 is 2.05 bits per heavy atom. The predicted octanol–water partition coefficient (Wildman–Crippen LogP) is 3.20. The first-order valence-electron chi connectivity index (χ1n) is 6.08. The zero-order valence-corrected chi connectivity index (χ0v) is 10.6.